The Labute approximate surface area is 151 Å². The van der Waals surface area contributed by atoms with Crippen molar-refractivity contribution in [1.82, 2.24) is 0 Å². The Bertz CT molecular complexity index is 442. The van der Waals surface area contributed by atoms with Gasteiger partial charge in [-0.05, 0) is 19.9 Å². The predicted octanol–water partition coefficient (Wildman–Crippen LogP) is 5.37. The van der Waals surface area contributed by atoms with E-state index in [0.29, 0.717) is 0 Å². The zero-order chi connectivity index (χ0) is 14.4. The van der Waals surface area contributed by atoms with Gasteiger partial charge >= 0.3 is 21.7 Å². The summed E-state index contributed by atoms with van der Waals surface area (Å²) in [4.78, 5) is 0. The molecule has 6 atom stereocenters. The Balaban J connectivity index is 0.00000144. The Morgan fingerprint density at radius 3 is 1.55 bits per heavy atom. The van der Waals surface area contributed by atoms with Crippen molar-refractivity contribution in [3.63, 3.8) is 0 Å². The van der Waals surface area contributed by atoms with Crippen molar-refractivity contribution in [2.24, 2.45) is 23.7 Å². The van der Waals surface area contributed by atoms with Gasteiger partial charge in [0, 0.05) is 0 Å². The second kappa shape index (κ2) is 6.42. The summed E-state index contributed by atoms with van der Waals surface area (Å²) in [7, 11) is -1.26. The molecule has 22 heavy (non-hydrogen) atoms. The first-order valence-corrected chi connectivity index (χ1v) is 11.7. The van der Waals surface area contributed by atoms with Crippen LogP contribution in [0.2, 0.25) is 24.2 Å². The molecule has 4 aliphatic rings. The molecule has 0 spiro atoms. The summed E-state index contributed by atoms with van der Waals surface area (Å²) < 4.78 is 0. The predicted molar refractivity (Wildman–Crippen MR) is 93.3 cm³/mol. The van der Waals surface area contributed by atoms with Gasteiger partial charge in [0.05, 0.1) is 0 Å². The SMILES string of the molecule is C[Si](C)(C1[CH-]C2C=CC=CC2C1)C1[CH-]C2C=CC=CC2C1.[Ti+2]. The smallest absolute Gasteiger partial charge is 0.321 e. The first kappa shape index (κ1) is 16.7. The molecule has 0 N–H and O–H groups in total. The fraction of sp³-hybridized carbons (Fsp3) is 0.500. The van der Waals surface area contributed by atoms with E-state index in [9.17, 15) is 0 Å². The average Bonchev–Trinajstić information content (AvgIpc) is 3.11. The van der Waals surface area contributed by atoms with Crippen LogP contribution in [-0.4, -0.2) is 8.07 Å². The van der Waals surface area contributed by atoms with Gasteiger partial charge in [-0.1, -0.05) is 62.4 Å². The van der Waals surface area contributed by atoms with Crippen LogP contribution in [0.3, 0.4) is 0 Å². The number of hydrogen-bond acceptors (Lipinski definition) is 0. The van der Waals surface area contributed by atoms with Crippen LogP contribution in [0, 0.1) is 36.5 Å². The second-order valence-corrected chi connectivity index (χ2v) is 13.0. The van der Waals surface area contributed by atoms with Crippen LogP contribution in [0.5, 0.6) is 0 Å². The molecule has 2 fully saturated rings. The monoisotopic (exact) mass is 342 g/mol. The summed E-state index contributed by atoms with van der Waals surface area (Å²) in [5, 5.41) is 0. The van der Waals surface area contributed by atoms with Gasteiger partial charge in [-0.15, -0.1) is 24.0 Å². The van der Waals surface area contributed by atoms with Crippen molar-refractivity contribution in [3.05, 3.63) is 61.4 Å². The molecule has 6 unspecified atom stereocenters. The van der Waals surface area contributed by atoms with Crippen LogP contribution >= 0.6 is 0 Å². The molecule has 0 aliphatic heterocycles. The summed E-state index contributed by atoms with van der Waals surface area (Å²) in [5.41, 5.74) is 1.77. The minimum absolute atomic E-state index is 0. The molecule has 0 nitrogen and oxygen atoms in total. The van der Waals surface area contributed by atoms with E-state index in [1.165, 1.54) is 12.8 Å². The molecule has 0 radical (unpaired) electrons. The van der Waals surface area contributed by atoms with Gasteiger partial charge in [0.25, 0.3) is 0 Å². The summed E-state index contributed by atoms with van der Waals surface area (Å²) in [5.74, 6) is 3.01. The maximum atomic E-state index is 2.71. The van der Waals surface area contributed by atoms with Gasteiger partial charge < -0.3 is 12.8 Å². The minimum Gasteiger partial charge on any atom is -0.321 e. The molecular weight excluding hydrogens is 316 g/mol. The van der Waals surface area contributed by atoms with Gasteiger partial charge in [0.1, 0.15) is 0 Å². The van der Waals surface area contributed by atoms with Gasteiger partial charge in [-0.3, -0.25) is 0 Å². The molecule has 0 aromatic heterocycles. The zero-order valence-corrected chi connectivity index (χ0v) is 16.2. The molecule has 0 amide bonds. The number of allylic oxidation sites excluding steroid dienone is 8. The first-order valence-electron chi connectivity index (χ1n) is 8.54. The quantitative estimate of drug-likeness (QED) is 0.468. The van der Waals surface area contributed by atoms with Crippen LogP contribution in [0.25, 0.3) is 0 Å². The van der Waals surface area contributed by atoms with E-state index in [4.69, 9.17) is 0 Å². The molecular formula is C20H26SiTi. The number of hydrogen-bond donors (Lipinski definition) is 0. The van der Waals surface area contributed by atoms with Gasteiger partial charge in [-0.25, -0.2) is 0 Å². The van der Waals surface area contributed by atoms with Crippen molar-refractivity contribution in [3.8, 4) is 0 Å². The van der Waals surface area contributed by atoms with Crippen molar-refractivity contribution in [2.75, 3.05) is 0 Å². The largest absolute Gasteiger partial charge is 2.00 e. The zero-order valence-electron chi connectivity index (χ0n) is 13.7. The molecule has 2 heteroatoms. The molecule has 0 heterocycles. The van der Waals surface area contributed by atoms with Gasteiger partial charge in [0.2, 0.25) is 0 Å². The Morgan fingerprint density at radius 2 is 1.14 bits per heavy atom. The van der Waals surface area contributed by atoms with Crippen LogP contribution in [0.4, 0.5) is 0 Å². The molecule has 0 saturated heterocycles. The van der Waals surface area contributed by atoms with Gasteiger partial charge in [0.15, 0.2) is 0 Å². The molecule has 4 rings (SSSR count). The van der Waals surface area contributed by atoms with Crippen molar-refractivity contribution in [2.45, 2.75) is 37.0 Å². The van der Waals surface area contributed by atoms with Crippen LogP contribution in [-0.2, 0) is 21.7 Å². The minimum atomic E-state index is -1.26. The second-order valence-electron chi connectivity index (χ2n) is 7.91. The van der Waals surface area contributed by atoms with Crippen LogP contribution < -0.4 is 0 Å². The van der Waals surface area contributed by atoms with E-state index in [0.717, 1.165) is 34.8 Å². The Morgan fingerprint density at radius 1 is 0.727 bits per heavy atom. The Hall–Kier alpha value is -0.109. The van der Waals surface area contributed by atoms with E-state index in [2.05, 4.69) is 74.5 Å². The fourth-order valence-electron chi connectivity index (χ4n) is 4.88. The van der Waals surface area contributed by atoms with E-state index in [1.807, 2.05) is 0 Å². The van der Waals surface area contributed by atoms with Crippen molar-refractivity contribution < 1.29 is 21.7 Å². The standard InChI is InChI=1S/C20H26Si.Ti/c1-21(2,19-11-15-7-3-4-8-16(15)12-19)20-13-17-9-5-6-10-18(17)14-20;/h3-11,13,15-20H,12,14H2,1-2H3;/q-2;+2. The molecule has 0 bridgehead atoms. The van der Waals surface area contributed by atoms with E-state index >= 15 is 0 Å². The molecule has 0 aromatic rings. The third-order valence-corrected chi connectivity index (χ3v) is 11.1. The maximum Gasteiger partial charge on any atom is 2.00 e. The Kier molecular flexibility index (Phi) is 4.88. The molecule has 4 aliphatic carbocycles. The third kappa shape index (κ3) is 2.85. The normalized spacial score (nSPS) is 42.1. The van der Waals surface area contributed by atoms with Crippen molar-refractivity contribution in [1.29, 1.82) is 0 Å². The third-order valence-electron chi connectivity index (χ3n) is 6.47. The van der Waals surface area contributed by atoms with Crippen LogP contribution in [0.15, 0.2) is 48.6 Å². The number of fused-ring (bicyclic) bond motifs is 2. The molecule has 0 aromatic carbocycles. The fourth-order valence-corrected chi connectivity index (χ4v) is 8.63. The van der Waals surface area contributed by atoms with E-state index < -0.39 is 8.07 Å². The summed E-state index contributed by atoms with van der Waals surface area (Å²) in [6, 6.07) is 0. The van der Waals surface area contributed by atoms with Crippen molar-refractivity contribution >= 4 is 8.07 Å². The summed E-state index contributed by atoms with van der Waals surface area (Å²) in [6.45, 7) is 5.29. The first-order chi connectivity index (χ1) is 10.1. The summed E-state index contributed by atoms with van der Waals surface area (Å²) in [6.07, 6.45) is 26.9. The summed E-state index contributed by atoms with van der Waals surface area (Å²) >= 11 is 0. The number of rotatable bonds is 2. The average molecular weight is 342 g/mol. The molecule has 114 valence electrons. The van der Waals surface area contributed by atoms with Gasteiger partial charge in [-0.2, -0.15) is 11.1 Å². The van der Waals surface area contributed by atoms with E-state index in [-0.39, 0.29) is 21.7 Å². The molecule has 2 saturated carbocycles. The van der Waals surface area contributed by atoms with Crippen LogP contribution in [0.1, 0.15) is 12.8 Å². The topological polar surface area (TPSA) is 0 Å². The maximum absolute atomic E-state index is 2.71. The van der Waals surface area contributed by atoms with E-state index in [1.54, 1.807) is 0 Å².